The second-order valence-electron chi connectivity index (χ2n) is 6.99. The number of ether oxygens (including phenoxy) is 1. The van der Waals surface area contributed by atoms with E-state index in [2.05, 4.69) is 35.5 Å². The van der Waals surface area contributed by atoms with E-state index >= 15 is 0 Å². The molecule has 2 heterocycles. The summed E-state index contributed by atoms with van der Waals surface area (Å²) in [5.74, 6) is 1.83. The third kappa shape index (κ3) is 4.23. The molecule has 26 heavy (non-hydrogen) atoms. The van der Waals surface area contributed by atoms with Crippen LogP contribution in [0.5, 0.6) is 5.75 Å². The van der Waals surface area contributed by atoms with Gasteiger partial charge < -0.3 is 14.2 Å². The molecule has 0 spiro atoms. The van der Waals surface area contributed by atoms with Gasteiger partial charge in [-0.05, 0) is 63.3 Å². The van der Waals surface area contributed by atoms with E-state index < -0.39 is 0 Å². The smallest absolute Gasteiger partial charge is 0.260 e. The first-order valence-electron chi connectivity index (χ1n) is 9.44. The fourth-order valence-electron chi connectivity index (χ4n) is 3.53. The molecule has 6 heteroatoms. The van der Waals surface area contributed by atoms with Crippen LogP contribution in [0.1, 0.15) is 43.1 Å². The van der Waals surface area contributed by atoms with Crippen molar-refractivity contribution in [3.8, 4) is 5.75 Å². The number of nitrogens with zero attached hydrogens (tertiary/aromatic N) is 4. The van der Waals surface area contributed by atoms with Crippen molar-refractivity contribution in [2.45, 2.75) is 59.0 Å². The number of amides is 1. The van der Waals surface area contributed by atoms with Gasteiger partial charge >= 0.3 is 0 Å². The maximum absolute atomic E-state index is 12.6. The van der Waals surface area contributed by atoms with Gasteiger partial charge in [0.1, 0.15) is 17.9 Å². The van der Waals surface area contributed by atoms with Gasteiger partial charge in [0, 0.05) is 25.6 Å². The van der Waals surface area contributed by atoms with Gasteiger partial charge in [0.2, 0.25) is 0 Å². The lowest BCUT2D eigenvalue weighted by Crippen LogP contribution is -2.39. The minimum Gasteiger partial charge on any atom is -0.484 e. The Labute approximate surface area is 155 Å². The Morgan fingerprint density at radius 1 is 1.31 bits per heavy atom. The van der Waals surface area contributed by atoms with Gasteiger partial charge in [-0.1, -0.05) is 6.07 Å². The van der Waals surface area contributed by atoms with E-state index in [1.165, 1.54) is 11.1 Å². The summed E-state index contributed by atoms with van der Waals surface area (Å²) in [6.07, 6.45) is 5.65. The van der Waals surface area contributed by atoms with E-state index in [9.17, 15) is 4.79 Å². The average Bonchev–Trinajstić information content (AvgIpc) is 3.29. The van der Waals surface area contributed by atoms with Gasteiger partial charge in [0.25, 0.3) is 5.91 Å². The SMILES string of the molecule is CCn1cnnc1CCC1CCCN1C(=O)COc1ccc(C)c(C)c1. The van der Waals surface area contributed by atoms with Crippen LogP contribution in [0.2, 0.25) is 0 Å². The predicted octanol–water partition coefficient (Wildman–Crippen LogP) is 2.92. The summed E-state index contributed by atoms with van der Waals surface area (Å²) in [5, 5.41) is 8.17. The first-order chi connectivity index (χ1) is 12.6. The quantitative estimate of drug-likeness (QED) is 0.765. The van der Waals surface area contributed by atoms with Gasteiger partial charge in [-0.25, -0.2) is 0 Å². The van der Waals surface area contributed by atoms with Crippen LogP contribution >= 0.6 is 0 Å². The zero-order valence-electron chi connectivity index (χ0n) is 15.9. The molecule has 0 N–H and O–H groups in total. The summed E-state index contributed by atoms with van der Waals surface area (Å²) in [4.78, 5) is 14.6. The van der Waals surface area contributed by atoms with Crippen LogP contribution < -0.4 is 4.74 Å². The normalized spacial score (nSPS) is 16.9. The molecule has 1 aliphatic heterocycles. The zero-order chi connectivity index (χ0) is 18.5. The van der Waals surface area contributed by atoms with Crippen LogP contribution in [0.15, 0.2) is 24.5 Å². The third-order valence-corrected chi connectivity index (χ3v) is 5.28. The first-order valence-corrected chi connectivity index (χ1v) is 9.44. The molecule has 0 aliphatic carbocycles. The Kier molecular flexibility index (Phi) is 5.91. The van der Waals surface area contributed by atoms with Crippen molar-refractivity contribution in [3.05, 3.63) is 41.5 Å². The maximum Gasteiger partial charge on any atom is 0.260 e. The molecule has 1 aromatic heterocycles. The van der Waals surface area contributed by atoms with E-state index in [1.54, 1.807) is 6.33 Å². The number of hydrogen-bond donors (Lipinski definition) is 0. The second-order valence-corrected chi connectivity index (χ2v) is 6.99. The van der Waals surface area contributed by atoms with Gasteiger partial charge in [-0.2, -0.15) is 0 Å². The lowest BCUT2D eigenvalue weighted by atomic mass is 10.1. The van der Waals surface area contributed by atoms with Crippen molar-refractivity contribution < 1.29 is 9.53 Å². The summed E-state index contributed by atoms with van der Waals surface area (Å²) in [6.45, 7) is 8.00. The number of benzene rings is 1. The molecule has 1 saturated heterocycles. The third-order valence-electron chi connectivity index (χ3n) is 5.28. The van der Waals surface area contributed by atoms with Crippen molar-refractivity contribution in [3.63, 3.8) is 0 Å². The molecular weight excluding hydrogens is 328 g/mol. The number of likely N-dealkylation sites (tertiary alicyclic amines) is 1. The lowest BCUT2D eigenvalue weighted by Gasteiger charge is -2.24. The van der Waals surface area contributed by atoms with Gasteiger partial charge in [-0.3, -0.25) is 4.79 Å². The maximum atomic E-state index is 12.6. The van der Waals surface area contributed by atoms with Crippen molar-refractivity contribution >= 4 is 5.91 Å². The Balaban J connectivity index is 1.53. The molecule has 3 rings (SSSR count). The van der Waals surface area contributed by atoms with Crippen LogP contribution in [0.25, 0.3) is 0 Å². The lowest BCUT2D eigenvalue weighted by molar-refractivity contribution is -0.134. The molecule has 0 radical (unpaired) electrons. The topological polar surface area (TPSA) is 60.2 Å². The molecule has 1 aromatic carbocycles. The van der Waals surface area contributed by atoms with E-state index in [4.69, 9.17) is 4.74 Å². The minimum absolute atomic E-state index is 0.0719. The van der Waals surface area contributed by atoms with Crippen LogP contribution in [-0.4, -0.2) is 44.8 Å². The predicted molar refractivity (Wildman–Crippen MR) is 100 cm³/mol. The van der Waals surface area contributed by atoms with E-state index in [-0.39, 0.29) is 18.6 Å². The van der Waals surface area contributed by atoms with E-state index in [0.717, 1.165) is 50.3 Å². The van der Waals surface area contributed by atoms with Crippen molar-refractivity contribution in [1.82, 2.24) is 19.7 Å². The van der Waals surface area contributed by atoms with E-state index in [1.807, 2.05) is 23.1 Å². The van der Waals surface area contributed by atoms with E-state index in [0.29, 0.717) is 0 Å². The van der Waals surface area contributed by atoms with Crippen LogP contribution in [0.4, 0.5) is 0 Å². The number of hydrogen-bond acceptors (Lipinski definition) is 4. The summed E-state index contributed by atoms with van der Waals surface area (Å²) in [6, 6.07) is 6.21. The highest BCUT2D eigenvalue weighted by Gasteiger charge is 2.29. The molecule has 2 aromatic rings. The molecule has 0 saturated carbocycles. The monoisotopic (exact) mass is 356 g/mol. The van der Waals surface area contributed by atoms with Crippen molar-refractivity contribution in [2.24, 2.45) is 0 Å². The summed E-state index contributed by atoms with van der Waals surface area (Å²) in [7, 11) is 0. The molecule has 0 bridgehead atoms. The molecule has 1 amide bonds. The number of carbonyl (C=O) groups is 1. The molecule has 1 fully saturated rings. The van der Waals surface area contributed by atoms with Crippen LogP contribution in [0.3, 0.4) is 0 Å². The minimum atomic E-state index is 0.0719. The molecule has 6 nitrogen and oxygen atoms in total. The Hall–Kier alpha value is -2.37. The number of rotatable bonds is 7. The fourth-order valence-corrected chi connectivity index (χ4v) is 3.53. The van der Waals surface area contributed by atoms with Crippen molar-refractivity contribution in [2.75, 3.05) is 13.2 Å². The highest BCUT2D eigenvalue weighted by atomic mass is 16.5. The molecule has 1 atom stereocenters. The highest BCUT2D eigenvalue weighted by molar-refractivity contribution is 5.78. The summed E-state index contributed by atoms with van der Waals surface area (Å²) < 4.78 is 7.79. The molecule has 140 valence electrons. The number of aryl methyl sites for hydroxylation is 4. The first kappa shape index (κ1) is 18.4. The van der Waals surface area contributed by atoms with Gasteiger partial charge in [-0.15, -0.1) is 10.2 Å². The van der Waals surface area contributed by atoms with Crippen molar-refractivity contribution in [1.29, 1.82) is 0 Å². The standard InChI is InChI=1S/C20H28N4O2/c1-4-23-14-21-22-19(23)10-8-17-6-5-11-24(17)20(25)13-26-18-9-7-15(2)16(3)12-18/h7,9,12,14,17H,4-6,8,10-11,13H2,1-3H3. The second kappa shape index (κ2) is 8.34. The van der Waals surface area contributed by atoms with Crippen LogP contribution in [-0.2, 0) is 17.8 Å². The summed E-state index contributed by atoms with van der Waals surface area (Å²) in [5.41, 5.74) is 2.40. The van der Waals surface area contributed by atoms with Crippen LogP contribution in [0, 0.1) is 13.8 Å². The average molecular weight is 356 g/mol. The highest BCUT2D eigenvalue weighted by Crippen LogP contribution is 2.22. The fraction of sp³-hybridized carbons (Fsp3) is 0.550. The molecular formula is C20H28N4O2. The zero-order valence-corrected chi connectivity index (χ0v) is 15.9. The molecule has 1 aliphatic rings. The van der Waals surface area contributed by atoms with Gasteiger partial charge in [0.05, 0.1) is 0 Å². The Morgan fingerprint density at radius 3 is 2.92 bits per heavy atom. The Bertz CT molecular complexity index is 756. The summed E-state index contributed by atoms with van der Waals surface area (Å²) >= 11 is 0. The number of carbonyl (C=O) groups excluding carboxylic acids is 1. The van der Waals surface area contributed by atoms with Gasteiger partial charge in [0.15, 0.2) is 6.61 Å². The Morgan fingerprint density at radius 2 is 2.15 bits per heavy atom. The largest absolute Gasteiger partial charge is 0.484 e. The molecule has 1 unspecified atom stereocenters. The number of aromatic nitrogens is 3.